The molecule has 0 bridgehead atoms. The van der Waals surface area contributed by atoms with E-state index in [0.717, 1.165) is 13.0 Å². The topological polar surface area (TPSA) is 29.3 Å². The lowest BCUT2D eigenvalue weighted by Crippen LogP contribution is -2.58. The maximum absolute atomic E-state index is 5.99. The van der Waals surface area contributed by atoms with Gasteiger partial charge in [-0.2, -0.15) is 0 Å². The van der Waals surface area contributed by atoms with E-state index in [0.29, 0.717) is 11.5 Å². The SMILES string of the molecule is CCC(N)CN1CC2(CCCCCC2)C1. The highest BCUT2D eigenvalue weighted by molar-refractivity contribution is 4.96. The average Bonchev–Trinajstić information content (AvgIpc) is 2.42. The van der Waals surface area contributed by atoms with Gasteiger partial charge in [-0.1, -0.05) is 32.6 Å². The molecule has 1 aliphatic carbocycles. The molecule has 1 spiro atoms. The van der Waals surface area contributed by atoms with Crippen molar-refractivity contribution in [1.29, 1.82) is 0 Å². The van der Waals surface area contributed by atoms with Gasteiger partial charge in [0.2, 0.25) is 0 Å². The third kappa shape index (κ3) is 2.73. The van der Waals surface area contributed by atoms with E-state index in [1.54, 1.807) is 0 Å². The van der Waals surface area contributed by atoms with Crippen LogP contribution in [0.4, 0.5) is 0 Å². The Balaban J connectivity index is 1.75. The van der Waals surface area contributed by atoms with Gasteiger partial charge >= 0.3 is 0 Å². The molecule has 0 aromatic heterocycles. The predicted octanol–water partition coefficient (Wildman–Crippen LogP) is 2.38. The molecule has 2 nitrogen and oxygen atoms in total. The maximum Gasteiger partial charge on any atom is 0.0165 e. The van der Waals surface area contributed by atoms with Gasteiger partial charge in [-0.15, -0.1) is 0 Å². The summed E-state index contributed by atoms with van der Waals surface area (Å²) < 4.78 is 0. The fourth-order valence-electron chi connectivity index (χ4n) is 3.29. The van der Waals surface area contributed by atoms with Crippen LogP contribution in [0, 0.1) is 5.41 Å². The minimum atomic E-state index is 0.396. The van der Waals surface area contributed by atoms with Crippen molar-refractivity contribution in [2.24, 2.45) is 11.1 Å². The van der Waals surface area contributed by atoms with Gasteiger partial charge in [-0.3, -0.25) is 0 Å². The lowest BCUT2D eigenvalue weighted by Gasteiger charge is -2.51. The summed E-state index contributed by atoms with van der Waals surface area (Å²) >= 11 is 0. The molecule has 0 aromatic rings. The molecule has 1 saturated carbocycles. The molecule has 1 saturated heterocycles. The van der Waals surface area contributed by atoms with E-state index in [1.807, 2.05) is 0 Å². The molecule has 2 rings (SSSR count). The van der Waals surface area contributed by atoms with Crippen molar-refractivity contribution in [3.63, 3.8) is 0 Å². The number of likely N-dealkylation sites (tertiary alicyclic amines) is 1. The molecule has 88 valence electrons. The van der Waals surface area contributed by atoms with Crippen molar-refractivity contribution in [3.8, 4) is 0 Å². The van der Waals surface area contributed by atoms with Crippen LogP contribution in [0.25, 0.3) is 0 Å². The van der Waals surface area contributed by atoms with Gasteiger partial charge in [-0.25, -0.2) is 0 Å². The molecule has 1 aliphatic heterocycles. The third-order valence-corrected chi connectivity index (χ3v) is 4.30. The Hall–Kier alpha value is -0.0800. The van der Waals surface area contributed by atoms with Gasteiger partial charge < -0.3 is 10.6 Å². The summed E-state index contributed by atoms with van der Waals surface area (Å²) in [6, 6.07) is 0.396. The summed E-state index contributed by atoms with van der Waals surface area (Å²) in [6.45, 7) is 5.98. The van der Waals surface area contributed by atoms with Crippen molar-refractivity contribution in [1.82, 2.24) is 4.90 Å². The highest BCUT2D eigenvalue weighted by Gasteiger charge is 2.42. The summed E-state index contributed by atoms with van der Waals surface area (Å²) in [7, 11) is 0. The molecule has 1 unspecified atom stereocenters. The van der Waals surface area contributed by atoms with Gasteiger partial charge in [0.15, 0.2) is 0 Å². The van der Waals surface area contributed by atoms with Crippen molar-refractivity contribution < 1.29 is 0 Å². The molecule has 15 heavy (non-hydrogen) atoms. The first-order chi connectivity index (χ1) is 7.24. The quantitative estimate of drug-likeness (QED) is 0.775. The third-order valence-electron chi connectivity index (χ3n) is 4.30. The van der Waals surface area contributed by atoms with Crippen molar-refractivity contribution in [2.75, 3.05) is 19.6 Å². The fraction of sp³-hybridized carbons (Fsp3) is 1.00. The van der Waals surface area contributed by atoms with E-state index in [-0.39, 0.29) is 0 Å². The van der Waals surface area contributed by atoms with Gasteiger partial charge in [0, 0.05) is 25.7 Å². The number of hydrogen-bond acceptors (Lipinski definition) is 2. The Kier molecular flexibility index (Phi) is 3.68. The monoisotopic (exact) mass is 210 g/mol. The first-order valence-corrected chi connectivity index (χ1v) is 6.72. The molecular weight excluding hydrogens is 184 g/mol. The second kappa shape index (κ2) is 4.84. The first kappa shape index (κ1) is 11.4. The molecule has 1 heterocycles. The Bertz CT molecular complexity index is 187. The number of nitrogens with zero attached hydrogens (tertiary/aromatic N) is 1. The van der Waals surface area contributed by atoms with Crippen LogP contribution in [0.15, 0.2) is 0 Å². The zero-order chi connectivity index (χ0) is 10.7. The predicted molar refractivity (Wildman–Crippen MR) is 64.8 cm³/mol. The molecular formula is C13H26N2. The first-order valence-electron chi connectivity index (χ1n) is 6.72. The van der Waals surface area contributed by atoms with Gasteiger partial charge in [0.05, 0.1) is 0 Å². The fourth-order valence-corrected chi connectivity index (χ4v) is 3.29. The molecule has 2 heteroatoms. The molecule has 2 aliphatic rings. The van der Waals surface area contributed by atoms with Crippen LogP contribution in [0.2, 0.25) is 0 Å². The summed E-state index contributed by atoms with van der Waals surface area (Å²) in [4.78, 5) is 2.57. The van der Waals surface area contributed by atoms with E-state index in [9.17, 15) is 0 Å². The second-order valence-electron chi connectivity index (χ2n) is 5.75. The number of rotatable bonds is 3. The van der Waals surface area contributed by atoms with Crippen LogP contribution in [0.5, 0.6) is 0 Å². The summed E-state index contributed by atoms with van der Waals surface area (Å²) in [5.74, 6) is 0. The minimum absolute atomic E-state index is 0.396. The molecule has 0 aromatic carbocycles. The Morgan fingerprint density at radius 2 is 1.73 bits per heavy atom. The van der Waals surface area contributed by atoms with E-state index >= 15 is 0 Å². The van der Waals surface area contributed by atoms with Crippen LogP contribution in [-0.2, 0) is 0 Å². The Labute approximate surface area is 94.2 Å². The Morgan fingerprint density at radius 3 is 2.27 bits per heavy atom. The van der Waals surface area contributed by atoms with E-state index in [2.05, 4.69) is 11.8 Å². The second-order valence-corrected chi connectivity index (χ2v) is 5.75. The van der Waals surface area contributed by atoms with Gasteiger partial charge in [-0.05, 0) is 24.7 Å². The van der Waals surface area contributed by atoms with Gasteiger partial charge in [0.1, 0.15) is 0 Å². The van der Waals surface area contributed by atoms with Crippen LogP contribution in [0.3, 0.4) is 0 Å². The van der Waals surface area contributed by atoms with Crippen LogP contribution >= 0.6 is 0 Å². The highest BCUT2D eigenvalue weighted by Crippen LogP contribution is 2.42. The zero-order valence-electron chi connectivity index (χ0n) is 10.2. The van der Waals surface area contributed by atoms with Crippen LogP contribution in [-0.4, -0.2) is 30.6 Å². The van der Waals surface area contributed by atoms with E-state index in [1.165, 1.54) is 51.6 Å². The lowest BCUT2D eigenvalue weighted by atomic mass is 9.73. The summed E-state index contributed by atoms with van der Waals surface area (Å²) in [6.07, 6.45) is 9.94. The van der Waals surface area contributed by atoms with Crippen molar-refractivity contribution >= 4 is 0 Å². The number of hydrogen-bond donors (Lipinski definition) is 1. The number of nitrogens with two attached hydrogens (primary N) is 1. The van der Waals surface area contributed by atoms with Crippen molar-refractivity contribution in [3.05, 3.63) is 0 Å². The van der Waals surface area contributed by atoms with Crippen LogP contribution < -0.4 is 5.73 Å². The van der Waals surface area contributed by atoms with Crippen LogP contribution in [0.1, 0.15) is 51.9 Å². The average molecular weight is 210 g/mol. The minimum Gasteiger partial charge on any atom is -0.327 e. The van der Waals surface area contributed by atoms with Crippen molar-refractivity contribution in [2.45, 2.75) is 57.9 Å². The highest BCUT2D eigenvalue weighted by atomic mass is 15.2. The van der Waals surface area contributed by atoms with E-state index in [4.69, 9.17) is 5.73 Å². The van der Waals surface area contributed by atoms with E-state index < -0.39 is 0 Å². The molecule has 1 atom stereocenters. The smallest absolute Gasteiger partial charge is 0.0165 e. The zero-order valence-corrected chi connectivity index (χ0v) is 10.2. The normalized spacial score (nSPS) is 28.4. The molecule has 0 amide bonds. The summed E-state index contributed by atoms with van der Waals surface area (Å²) in [5.41, 5.74) is 6.70. The summed E-state index contributed by atoms with van der Waals surface area (Å²) in [5, 5.41) is 0. The molecule has 2 fully saturated rings. The molecule has 2 N–H and O–H groups in total. The Morgan fingerprint density at radius 1 is 1.13 bits per heavy atom. The maximum atomic E-state index is 5.99. The lowest BCUT2D eigenvalue weighted by molar-refractivity contribution is -0.0151. The molecule has 0 radical (unpaired) electrons. The standard InChI is InChI=1S/C13H26N2/c1-2-12(14)9-15-10-13(11-15)7-5-3-4-6-8-13/h12H,2-11,14H2,1H3. The largest absolute Gasteiger partial charge is 0.327 e. The van der Waals surface area contributed by atoms with Gasteiger partial charge in [0.25, 0.3) is 0 Å².